The van der Waals surface area contributed by atoms with Gasteiger partial charge in [0.05, 0.1) is 18.0 Å². The lowest BCUT2D eigenvalue weighted by Crippen LogP contribution is -2.24. The molecule has 0 amide bonds. The fourth-order valence-corrected chi connectivity index (χ4v) is 2.75. The molecule has 128 valence electrons. The molecule has 0 heterocycles. The molecule has 0 spiro atoms. The van der Waals surface area contributed by atoms with Gasteiger partial charge in [-0.1, -0.05) is 24.3 Å². The van der Waals surface area contributed by atoms with Crippen LogP contribution in [0.4, 0.5) is 17.6 Å². The Labute approximate surface area is 132 Å². The van der Waals surface area contributed by atoms with E-state index in [9.17, 15) is 22.4 Å². The molecule has 1 fully saturated rings. The molecule has 10 heteroatoms. The summed E-state index contributed by atoms with van der Waals surface area (Å²) in [5.74, 6) is -10.4. The van der Waals surface area contributed by atoms with Crippen molar-refractivity contribution < 1.29 is 41.7 Å². The lowest BCUT2D eigenvalue weighted by molar-refractivity contribution is -0.432. The summed E-state index contributed by atoms with van der Waals surface area (Å²) < 4.78 is 63.4. The van der Waals surface area contributed by atoms with E-state index in [4.69, 9.17) is 5.26 Å². The van der Waals surface area contributed by atoms with Crippen molar-refractivity contribution in [3.63, 3.8) is 0 Å². The van der Waals surface area contributed by atoms with Gasteiger partial charge >= 0.3 is 5.97 Å². The highest BCUT2D eigenvalue weighted by Crippen LogP contribution is 2.36. The molecule has 5 nitrogen and oxygen atoms in total. The second-order valence-electron chi connectivity index (χ2n) is 4.90. The summed E-state index contributed by atoms with van der Waals surface area (Å²) in [5, 5.41) is 11.0. The first-order chi connectivity index (χ1) is 11.0. The summed E-state index contributed by atoms with van der Waals surface area (Å²) in [6.45, 7) is 0. The van der Waals surface area contributed by atoms with Crippen LogP contribution in [0.3, 0.4) is 0 Å². The van der Waals surface area contributed by atoms with Crippen LogP contribution >= 0.6 is 12.0 Å². The van der Waals surface area contributed by atoms with Gasteiger partial charge in [0.15, 0.2) is 11.6 Å². The zero-order valence-corrected chi connectivity index (χ0v) is 12.4. The zero-order chi connectivity index (χ0) is 17.0. The summed E-state index contributed by atoms with van der Waals surface area (Å²) in [5.41, 5.74) is 0. The number of esters is 1. The van der Waals surface area contributed by atoms with Crippen molar-refractivity contribution in [2.75, 3.05) is 0 Å². The summed E-state index contributed by atoms with van der Waals surface area (Å²) in [4.78, 5) is 10.6. The molecule has 0 radical (unpaired) electrons. The predicted octanol–water partition coefficient (Wildman–Crippen LogP) is 4.16. The highest BCUT2D eigenvalue weighted by atomic mass is 32.2. The highest BCUT2D eigenvalue weighted by Gasteiger charge is 2.31. The van der Waals surface area contributed by atoms with Crippen LogP contribution in [-0.4, -0.2) is 11.2 Å². The molecule has 1 N–H and O–H groups in total. The Morgan fingerprint density at radius 3 is 2.09 bits per heavy atom. The fourth-order valence-electron chi connectivity index (χ4n) is 2.33. The van der Waals surface area contributed by atoms with Gasteiger partial charge in [-0.05, 0) is 12.8 Å². The minimum atomic E-state index is -1.88. The van der Waals surface area contributed by atoms with Gasteiger partial charge in [-0.25, -0.2) is 14.0 Å². The SMILES string of the molecule is O=C(Oc1c(F)c(F)c(SOOO)c(F)c1F)C1CCCCC1. The molecule has 1 saturated carbocycles. The molecule has 1 aliphatic carbocycles. The van der Waals surface area contributed by atoms with Crippen molar-refractivity contribution >= 4 is 18.0 Å². The second-order valence-corrected chi connectivity index (χ2v) is 5.61. The highest BCUT2D eigenvalue weighted by molar-refractivity contribution is 7.94. The number of rotatable bonds is 5. The first-order valence-corrected chi connectivity index (χ1v) is 7.44. The van der Waals surface area contributed by atoms with Crippen LogP contribution in [0.2, 0.25) is 0 Å². The van der Waals surface area contributed by atoms with Crippen LogP contribution in [-0.2, 0) is 14.2 Å². The van der Waals surface area contributed by atoms with E-state index in [0.717, 1.165) is 19.3 Å². The maximum absolute atomic E-state index is 13.8. The molecule has 0 unspecified atom stereocenters. The van der Waals surface area contributed by atoms with E-state index >= 15 is 0 Å². The van der Waals surface area contributed by atoms with Crippen molar-refractivity contribution in [1.82, 2.24) is 0 Å². The maximum atomic E-state index is 13.8. The molecule has 1 aliphatic rings. The zero-order valence-electron chi connectivity index (χ0n) is 11.6. The largest absolute Gasteiger partial charge is 0.420 e. The number of benzene rings is 1. The number of hydrogen-bond donors (Lipinski definition) is 1. The number of carbonyl (C=O) groups excluding carboxylic acids is 1. The van der Waals surface area contributed by atoms with E-state index in [1.807, 2.05) is 0 Å². The van der Waals surface area contributed by atoms with Gasteiger partial charge in [-0.2, -0.15) is 8.78 Å². The van der Waals surface area contributed by atoms with Gasteiger partial charge < -0.3 is 4.74 Å². The lowest BCUT2D eigenvalue weighted by Gasteiger charge is -2.20. The average molecular weight is 356 g/mol. The minimum absolute atomic E-state index is 0.285. The Kier molecular flexibility index (Phi) is 6.22. The Hall–Kier alpha value is -1.36. The smallest absolute Gasteiger partial charge is 0.314 e. The molecule has 0 saturated heterocycles. The van der Waals surface area contributed by atoms with Crippen LogP contribution in [0, 0.1) is 29.2 Å². The van der Waals surface area contributed by atoms with Crippen molar-refractivity contribution in [1.29, 1.82) is 0 Å². The van der Waals surface area contributed by atoms with Crippen LogP contribution in [0.15, 0.2) is 4.90 Å². The third kappa shape index (κ3) is 3.94. The molecule has 0 bridgehead atoms. The third-order valence-corrected chi connectivity index (χ3v) is 4.13. The first-order valence-electron chi connectivity index (χ1n) is 6.69. The van der Waals surface area contributed by atoms with Crippen molar-refractivity contribution in [3.8, 4) is 5.75 Å². The van der Waals surface area contributed by atoms with E-state index in [-0.39, 0.29) is 12.0 Å². The third-order valence-electron chi connectivity index (χ3n) is 3.47. The maximum Gasteiger partial charge on any atom is 0.314 e. The van der Waals surface area contributed by atoms with Crippen molar-refractivity contribution in [2.24, 2.45) is 5.92 Å². The van der Waals surface area contributed by atoms with Crippen LogP contribution in [0.25, 0.3) is 0 Å². The number of carbonyl (C=O) groups is 1. The summed E-state index contributed by atoms with van der Waals surface area (Å²) >= 11 is -0.285. The predicted molar refractivity (Wildman–Crippen MR) is 69.1 cm³/mol. The first kappa shape index (κ1) is 18.0. The topological polar surface area (TPSA) is 65.0 Å². The number of ether oxygens (including phenoxy) is 1. The van der Waals surface area contributed by atoms with Gasteiger partial charge in [0, 0.05) is 0 Å². The van der Waals surface area contributed by atoms with E-state index in [1.54, 1.807) is 0 Å². The Bertz CT molecular complexity index is 563. The minimum Gasteiger partial charge on any atom is -0.420 e. The molecule has 23 heavy (non-hydrogen) atoms. The van der Waals surface area contributed by atoms with Gasteiger partial charge in [0.2, 0.25) is 17.4 Å². The number of halogens is 4. The fraction of sp³-hybridized carbons (Fsp3) is 0.462. The molecule has 0 atom stereocenters. The normalized spacial score (nSPS) is 15.7. The van der Waals surface area contributed by atoms with Crippen LogP contribution < -0.4 is 4.74 Å². The average Bonchev–Trinajstić information content (AvgIpc) is 2.57. The van der Waals surface area contributed by atoms with Gasteiger partial charge in [-0.15, -0.1) is 4.33 Å². The van der Waals surface area contributed by atoms with Crippen LogP contribution in [0.1, 0.15) is 32.1 Å². The molecule has 1 aromatic carbocycles. The van der Waals surface area contributed by atoms with E-state index < -0.39 is 45.8 Å². The Balaban J connectivity index is 2.26. The van der Waals surface area contributed by atoms with Gasteiger partial charge in [0.1, 0.15) is 4.90 Å². The van der Waals surface area contributed by atoms with E-state index in [0.29, 0.717) is 12.8 Å². The molecule has 0 aliphatic heterocycles. The monoisotopic (exact) mass is 356 g/mol. The second kappa shape index (κ2) is 7.95. The lowest BCUT2D eigenvalue weighted by atomic mass is 9.89. The standard InChI is InChI=1S/C13H12F4O5S/c14-7-9(16)12(23-22-21-19)10(17)8(15)11(7)20-13(18)6-4-2-1-3-5-6/h6,19H,1-5H2. The molecular formula is C13H12F4O5S. The quantitative estimate of drug-likeness (QED) is 0.163. The molecular weight excluding hydrogens is 344 g/mol. The van der Waals surface area contributed by atoms with Crippen LogP contribution in [0.5, 0.6) is 5.75 Å². The summed E-state index contributed by atoms with van der Waals surface area (Å²) in [6, 6.07) is 0. The van der Waals surface area contributed by atoms with E-state index in [2.05, 4.69) is 14.1 Å². The van der Waals surface area contributed by atoms with Gasteiger partial charge in [0.25, 0.3) is 0 Å². The van der Waals surface area contributed by atoms with Crippen molar-refractivity contribution in [2.45, 2.75) is 37.0 Å². The number of hydrogen-bond acceptors (Lipinski definition) is 6. The van der Waals surface area contributed by atoms with Gasteiger partial charge in [-0.3, -0.25) is 4.79 Å². The molecule has 0 aromatic heterocycles. The Morgan fingerprint density at radius 2 is 1.57 bits per heavy atom. The van der Waals surface area contributed by atoms with E-state index in [1.165, 1.54) is 0 Å². The Morgan fingerprint density at radius 1 is 1.00 bits per heavy atom. The summed E-state index contributed by atoms with van der Waals surface area (Å²) in [7, 11) is 0. The molecule has 1 aromatic rings. The van der Waals surface area contributed by atoms with Crippen molar-refractivity contribution in [3.05, 3.63) is 23.3 Å². The molecule has 2 rings (SSSR count). The summed E-state index contributed by atoms with van der Waals surface area (Å²) in [6.07, 6.45) is 3.45.